The molecule has 1 aromatic rings. The molecule has 554 valence electrons. The van der Waals surface area contributed by atoms with Gasteiger partial charge in [-0.1, -0.05) is 26.8 Å². The van der Waals surface area contributed by atoms with Gasteiger partial charge in [-0.15, -0.1) is 24.4 Å². The van der Waals surface area contributed by atoms with Crippen LogP contribution >= 0.6 is 24.4 Å². The molecule has 0 saturated carbocycles. The van der Waals surface area contributed by atoms with Crippen LogP contribution in [0.3, 0.4) is 0 Å². The molecule has 1 aromatic carbocycles. The minimum absolute atomic E-state index is 0.127. The second-order valence-corrected chi connectivity index (χ2v) is 25.8. The molecule has 28 atom stereocenters. The van der Waals surface area contributed by atoms with E-state index in [1.807, 2.05) is 0 Å². The maximum atomic E-state index is 13.5. The monoisotopic (exact) mass is 1450 g/mol. The Kier molecular flexibility index (Phi) is 29.9. The molecule has 6 aliphatic rings. The van der Waals surface area contributed by atoms with Crippen molar-refractivity contribution in [3.63, 3.8) is 0 Å². The van der Waals surface area contributed by atoms with E-state index in [2.05, 4.69) is 28.6 Å². The van der Waals surface area contributed by atoms with Crippen molar-refractivity contribution in [1.82, 2.24) is 16.0 Å². The van der Waals surface area contributed by atoms with Gasteiger partial charge in [0.05, 0.1) is 49.8 Å². The van der Waals surface area contributed by atoms with E-state index in [0.717, 1.165) is 25.7 Å². The number of aliphatic hydroxyl groups is 7. The van der Waals surface area contributed by atoms with Crippen LogP contribution in [0.15, 0.2) is 34.1 Å². The molecule has 0 radical (unpaired) electrons. The Labute approximate surface area is 568 Å². The van der Waals surface area contributed by atoms with Crippen molar-refractivity contribution in [2.45, 2.75) is 243 Å². The van der Waals surface area contributed by atoms with Gasteiger partial charge in [-0.25, -0.2) is 43.7 Å². The van der Waals surface area contributed by atoms with Crippen LogP contribution in [-0.2, 0) is 120 Å². The summed E-state index contributed by atoms with van der Waals surface area (Å²) in [7, 11) is 1.18. The van der Waals surface area contributed by atoms with E-state index in [-0.39, 0.29) is 12.2 Å². The van der Waals surface area contributed by atoms with Crippen molar-refractivity contribution in [3.05, 3.63) is 24.3 Å². The highest BCUT2D eigenvalue weighted by atomic mass is 32.2. The summed E-state index contributed by atoms with van der Waals surface area (Å²) in [6, 6.07) is 3.16. The van der Waals surface area contributed by atoms with Crippen LogP contribution < -0.4 is 16.0 Å². The smallest absolute Gasteiger partial charge is 0.335 e. The molecule has 6 aliphatic heterocycles. The minimum Gasteiger partial charge on any atom is -0.479 e. The molecular weight excluding hydrogens is 1360 g/mol. The van der Waals surface area contributed by atoms with Crippen molar-refractivity contribution in [2.24, 2.45) is 11.8 Å². The maximum absolute atomic E-state index is 13.5. The Morgan fingerprint density at radius 1 is 0.541 bits per heavy atom. The second-order valence-electron chi connectivity index (χ2n) is 24.2. The molecule has 14 unspecified atom stereocenters. The lowest BCUT2D eigenvalue weighted by molar-refractivity contribution is -0.461. The molecule has 6 heterocycles. The Balaban J connectivity index is 1.07. The largest absolute Gasteiger partial charge is 0.479 e. The molecule has 13 N–H and O–H groups in total. The molecule has 0 aromatic heterocycles. The zero-order valence-corrected chi connectivity index (χ0v) is 55.7. The maximum Gasteiger partial charge on any atom is 0.335 e. The van der Waals surface area contributed by atoms with Crippen molar-refractivity contribution in [2.75, 3.05) is 32.7 Å². The van der Waals surface area contributed by atoms with Gasteiger partial charge in [-0.3, -0.25) is 24.0 Å². The lowest BCUT2D eigenvalue weighted by Gasteiger charge is -2.46. The minimum atomic E-state index is -2.34. The average molecular weight is 1450 g/mol. The highest BCUT2D eigenvalue weighted by Gasteiger charge is 2.57. The summed E-state index contributed by atoms with van der Waals surface area (Å²) in [5.74, 6) is -10.2. The molecule has 0 bridgehead atoms. The van der Waals surface area contributed by atoms with Crippen LogP contribution in [0, 0.1) is 11.8 Å². The number of carbonyl (C=O) groups is 8. The van der Waals surface area contributed by atoms with E-state index in [1.54, 1.807) is 31.2 Å². The summed E-state index contributed by atoms with van der Waals surface area (Å²) in [5.41, 5.74) is 0. The third-order valence-corrected chi connectivity index (χ3v) is 17.8. The first kappa shape index (κ1) is 80.1. The quantitative estimate of drug-likeness (QED) is 0.0114. The predicted molar refractivity (Wildman–Crippen MR) is 319 cm³/mol. The van der Waals surface area contributed by atoms with E-state index in [0.29, 0.717) is 4.90 Å². The fraction of sp³-hybridized carbons (Fsp3) is 0.759. The van der Waals surface area contributed by atoms with Gasteiger partial charge >= 0.3 is 29.8 Å². The molecule has 7 rings (SSSR count). The van der Waals surface area contributed by atoms with Gasteiger partial charge < -0.3 is 119 Å². The Bertz CT molecular complexity index is 2850. The van der Waals surface area contributed by atoms with Gasteiger partial charge in [0.2, 0.25) is 30.3 Å². The molecule has 3 amide bonds. The number of aliphatic carboxylic acids is 3. The number of thiol groups is 1. The van der Waals surface area contributed by atoms with Crippen LogP contribution in [0.25, 0.3) is 0 Å². The highest BCUT2D eigenvalue weighted by molar-refractivity contribution is 7.99. The molecule has 0 aliphatic carbocycles. The number of esters is 2. The molecular formula is C58H85N3O35S2. The SMILES string of the molecule is COO[C@H]1C[C@H](NC(C)=O)[C@H](O[C@H]2C(C(=O)O)OC(OO[C@H]3CC(NC(C)=O)C(O[C@H]4C(C(=O)O)OC(OO[C@H]5C[C@H](NC(C)=O)[C@H](O[C@H]6C(C(=O)O)OC(C)C(O)C6O)O[C@H]5COC(=O)[C@@H](C)CSc5cccc(S)c5)C(O)C4O)O[C@H]3COC(=O)C(C)C)C(O)C2O)O[C@H]1CO. The number of ether oxygens (including phenoxy) is 11. The zero-order valence-electron chi connectivity index (χ0n) is 54.0. The summed E-state index contributed by atoms with van der Waals surface area (Å²) in [4.78, 5) is 136. The van der Waals surface area contributed by atoms with Gasteiger partial charge in [-0.05, 0) is 25.1 Å². The summed E-state index contributed by atoms with van der Waals surface area (Å²) in [5, 5.41) is 117. The summed E-state index contributed by atoms with van der Waals surface area (Å²) in [6.07, 6.45) is -45.5. The van der Waals surface area contributed by atoms with Crippen molar-refractivity contribution in [1.29, 1.82) is 0 Å². The van der Waals surface area contributed by atoms with E-state index < -0.39 is 258 Å². The van der Waals surface area contributed by atoms with Gasteiger partial charge in [0, 0.05) is 55.6 Å². The topological polar surface area (TPSA) is 532 Å². The normalized spacial score (nSPS) is 37.8. The molecule has 6 saturated heterocycles. The van der Waals surface area contributed by atoms with E-state index in [1.165, 1.54) is 39.6 Å². The van der Waals surface area contributed by atoms with Gasteiger partial charge in [0.25, 0.3) is 0 Å². The van der Waals surface area contributed by atoms with Gasteiger partial charge in [-0.2, -0.15) is 0 Å². The highest BCUT2D eigenvalue weighted by Crippen LogP contribution is 2.37. The van der Waals surface area contributed by atoms with Gasteiger partial charge in [0.15, 0.2) is 37.2 Å². The summed E-state index contributed by atoms with van der Waals surface area (Å²) >= 11 is 5.67. The number of carboxylic acids is 3. The van der Waals surface area contributed by atoms with Crippen molar-refractivity contribution < 1.29 is 171 Å². The number of carbonyl (C=O) groups excluding carboxylic acids is 5. The van der Waals surface area contributed by atoms with Crippen LogP contribution in [0.1, 0.15) is 67.7 Å². The number of benzene rings is 1. The fourth-order valence-electron chi connectivity index (χ4n) is 11.2. The van der Waals surface area contributed by atoms with E-state index >= 15 is 0 Å². The summed E-state index contributed by atoms with van der Waals surface area (Å²) in [6.45, 7) is 7.03. The Morgan fingerprint density at radius 3 is 1.33 bits per heavy atom. The molecule has 0 spiro atoms. The van der Waals surface area contributed by atoms with E-state index in [9.17, 15) is 89.4 Å². The van der Waals surface area contributed by atoms with Gasteiger partial charge in [0.1, 0.15) is 105 Å². The lowest BCUT2D eigenvalue weighted by atomic mass is 9.94. The number of hydrogen-bond acceptors (Lipinski definition) is 34. The third kappa shape index (κ3) is 21.0. The Hall–Kier alpha value is -5.20. The number of amides is 3. The zero-order chi connectivity index (χ0) is 72.1. The second kappa shape index (κ2) is 36.6. The lowest BCUT2D eigenvalue weighted by Crippen LogP contribution is -2.65. The third-order valence-electron chi connectivity index (χ3n) is 16.2. The number of hydrogen-bond donors (Lipinski definition) is 14. The first-order valence-electron chi connectivity index (χ1n) is 31.0. The first-order chi connectivity index (χ1) is 46.3. The summed E-state index contributed by atoms with van der Waals surface area (Å²) < 4.78 is 63.8. The fourth-order valence-corrected chi connectivity index (χ4v) is 12.4. The Morgan fingerprint density at radius 2 is 0.939 bits per heavy atom. The van der Waals surface area contributed by atoms with Crippen LogP contribution in [-0.4, -0.2) is 297 Å². The predicted octanol–water partition coefficient (Wildman–Crippen LogP) is -4.31. The van der Waals surface area contributed by atoms with Crippen molar-refractivity contribution >= 4 is 72.0 Å². The molecule has 40 heteroatoms. The van der Waals surface area contributed by atoms with E-state index in [4.69, 9.17) is 81.4 Å². The number of carboxylic acid groups (broad SMARTS) is 3. The molecule has 6 fully saturated rings. The van der Waals surface area contributed by atoms with Crippen LogP contribution in [0.2, 0.25) is 0 Å². The standard InChI is InChI=1S/C58H85N3O35S2/c1-20(2)52(78)81-17-35-32(93-95-57-41(70)39(68)44(47(90-57)50(74)75)88-54-28(59-23(5)63)13-31(92-80-8)34(16-62)84-54)14-30(61-25(7)65)56(85-35)89-45-40(69)42(71)58(91-48(45)51(76)77)96-94-33-15-29(60-24(6)64)55(87-43-38(67)37(66)22(4)83-46(43)49(72)73)86-36(33)18-82-53(79)21(3)19-98-27-11-9-10-26(97)12-27/h9-12,20-22,28-48,54-58,62,66-71,97H,13-19H2,1-8H3,(H,59,63)(H,60,64)(H,61,65)(H,72,73)(H,74,75)(H,76,77)/t21-,22?,28-,29-,30?,31-,32-,33-,34-,35-,36-,37?,38?,39?,40?,41?,42?,43+,44+,45+,46?,47?,48?,54-,55-,56?,57?,58?/m0/s1. The van der Waals surface area contributed by atoms with Crippen LogP contribution in [0.4, 0.5) is 0 Å². The number of nitrogens with one attached hydrogen (secondary N) is 3. The number of aliphatic hydroxyl groups excluding tert-OH is 7. The molecule has 98 heavy (non-hydrogen) atoms. The number of thioether (sulfide) groups is 1. The molecule has 38 nitrogen and oxygen atoms in total. The number of rotatable bonds is 30. The van der Waals surface area contributed by atoms with Crippen LogP contribution in [0.5, 0.6) is 0 Å². The van der Waals surface area contributed by atoms with Crippen molar-refractivity contribution in [3.8, 4) is 0 Å². The average Bonchev–Trinajstić information content (AvgIpc) is 0.791. The first-order valence-corrected chi connectivity index (χ1v) is 32.4.